The Bertz CT molecular complexity index is 1140. The Morgan fingerprint density at radius 3 is 2.47 bits per heavy atom. The molecule has 3 aliphatic rings. The molecule has 0 spiro atoms. The number of benzene rings is 2. The zero-order valence-electron chi connectivity index (χ0n) is 18.8. The standard InChI is InChI=1S/C25H27N3O5S/c29-23-9-8-21(24(30)26-23)28-15-20-19(25(28)31)2-1-3-22(20)34(32)16-18-6-4-17(5-7-18)14-27-10-12-33-13-11-27/h1-7,21H,8-16H2,(H,26,29,30). The third kappa shape index (κ3) is 4.68. The van der Waals surface area contributed by atoms with E-state index >= 15 is 0 Å². The maximum atomic E-state index is 13.3. The van der Waals surface area contributed by atoms with Gasteiger partial charge in [0.05, 0.1) is 29.8 Å². The van der Waals surface area contributed by atoms with Crippen LogP contribution in [0.4, 0.5) is 0 Å². The fourth-order valence-corrected chi connectivity index (χ4v) is 6.09. The molecule has 0 aliphatic carbocycles. The lowest BCUT2D eigenvalue weighted by Gasteiger charge is -2.29. The fourth-order valence-electron chi connectivity index (χ4n) is 4.76. The first kappa shape index (κ1) is 22.9. The summed E-state index contributed by atoms with van der Waals surface area (Å²) in [5, 5.41) is 2.31. The van der Waals surface area contributed by atoms with Crippen molar-refractivity contribution >= 4 is 28.5 Å². The summed E-state index contributed by atoms with van der Waals surface area (Å²) < 4.78 is 18.7. The molecule has 0 saturated carbocycles. The maximum Gasteiger partial charge on any atom is 0.255 e. The van der Waals surface area contributed by atoms with Crippen molar-refractivity contribution in [3.63, 3.8) is 0 Å². The Morgan fingerprint density at radius 1 is 1.00 bits per heavy atom. The molecular weight excluding hydrogens is 454 g/mol. The molecule has 2 atom stereocenters. The minimum absolute atomic E-state index is 0.205. The molecule has 8 nitrogen and oxygen atoms in total. The minimum atomic E-state index is -1.34. The normalized spacial score (nSPS) is 21.9. The van der Waals surface area contributed by atoms with Crippen molar-refractivity contribution in [1.29, 1.82) is 0 Å². The van der Waals surface area contributed by atoms with Gasteiger partial charge in [-0.05, 0) is 29.7 Å². The van der Waals surface area contributed by atoms with Crippen molar-refractivity contribution in [3.8, 4) is 0 Å². The smallest absolute Gasteiger partial charge is 0.255 e. The number of morpholine rings is 1. The molecule has 1 N–H and O–H groups in total. The summed E-state index contributed by atoms with van der Waals surface area (Å²) in [6.45, 7) is 4.49. The molecule has 5 rings (SSSR count). The number of carbonyl (C=O) groups excluding carboxylic acids is 3. The van der Waals surface area contributed by atoms with Crippen molar-refractivity contribution in [2.45, 2.75) is 42.6 Å². The molecule has 2 fully saturated rings. The van der Waals surface area contributed by atoms with Gasteiger partial charge in [-0.3, -0.25) is 28.8 Å². The fraction of sp³-hybridized carbons (Fsp3) is 0.400. The highest BCUT2D eigenvalue weighted by atomic mass is 32.2. The average Bonchev–Trinajstić information content (AvgIpc) is 3.17. The topological polar surface area (TPSA) is 96.0 Å². The van der Waals surface area contributed by atoms with Crippen LogP contribution in [0.1, 0.15) is 39.9 Å². The van der Waals surface area contributed by atoms with Crippen LogP contribution in [0.5, 0.6) is 0 Å². The molecule has 178 valence electrons. The van der Waals surface area contributed by atoms with E-state index in [1.165, 1.54) is 10.5 Å². The molecule has 2 aromatic carbocycles. The highest BCUT2D eigenvalue weighted by molar-refractivity contribution is 7.84. The maximum absolute atomic E-state index is 13.3. The van der Waals surface area contributed by atoms with Crippen molar-refractivity contribution in [1.82, 2.24) is 15.1 Å². The third-order valence-corrected chi connectivity index (χ3v) is 8.08. The van der Waals surface area contributed by atoms with E-state index in [-0.39, 0.29) is 24.8 Å². The van der Waals surface area contributed by atoms with Crippen LogP contribution < -0.4 is 5.32 Å². The number of amides is 3. The van der Waals surface area contributed by atoms with E-state index in [1.54, 1.807) is 18.2 Å². The number of fused-ring (bicyclic) bond motifs is 1. The quantitative estimate of drug-likeness (QED) is 0.630. The van der Waals surface area contributed by atoms with Gasteiger partial charge in [0.1, 0.15) is 6.04 Å². The van der Waals surface area contributed by atoms with Crippen LogP contribution >= 0.6 is 0 Å². The number of carbonyl (C=O) groups is 3. The number of ether oxygens (including phenoxy) is 1. The second-order valence-electron chi connectivity index (χ2n) is 8.88. The van der Waals surface area contributed by atoms with Crippen molar-refractivity contribution < 1.29 is 23.3 Å². The molecule has 3 amide bonds. The van der Waals surface area contributed by atoms with Gasteiger partial charge in [0, 0.05) is 48.6 Å². The summed E-state index contributed by atoms with van der Waals surface area (Å²) in [7, 11) is -1.34. The summed E-state index contributed by atoms with van der Waals surface area (Å²) in [5.74, 6) is -0.669. The van der Waals surface area contributed by atoms with E-state index in [0.29, 0.717) is 28.2 Å². The molecule has 2 unspecified atom stereocenters. The van der Waals surface area contributed by atoms with Crippen LogP contribution in [0.3, 0.4) is 0 Å². The van der Waals surface area contributed by atoms with E-state index in [4.69, 9.17) is 4.74 Å². The van der Waals surface area contributed by atoms with Gasteiger partial charge in [-0.1, -0.05) is 30.3 Å². The first-order valence-corrected chi connectivity index (χ1v) is 12.8. The van der Waals surface area contributed by atoms with Gasteiger partial charge in [-0.25, -0.2) is 0 Å². The monoisotopic (exact) mass is 481 g/mol. The molecule has 3 heterocycles. The number of imide groups is 1. The van der Waals surface area contributed by atoms with Crippen LogP contribution in [0.15, 0.2) is 47.4 Å². The number of piperidine rings is 1. The number of nitrogens with one attached hydrogen (secondary N) is 1. The van der Waals surface area contributed by atoms with Gasteiger partial charge < -0.3 is 9.64 Å². The Hall–Kier alpha value is -2.88. The Balaban J connectivity index is 1.28. The van der Waals surface area contributed by atoms with Crippen molar-refractivity contribution in [2.24, 2.45) is 0 Å². The van der Waals surface area contributed by atoms with Crippen molar-refractivity contribution in [2.75, 3.05) is 26.3 Å². The molecule has 0 bridgehead atoms. The van der Waals surface area contributed by atoms with Crippen LogP contribution in [-0.4, -0.2) is 64.1 Å². The van der Waals surface area contributed by atoms with Gasteiger partial charge in [-0.2, -0.15) is 0 Å². The van der Waals surface area contributed by atoms with Crippen molar-refractivity contribution in [3.05, 3.63) is 64.7 Å². The zero-order chi connectivity index (χ0) is 23.7. The number of hydrogen-bond donors (Lipinski definition) is 1. The third-order valence-electron chi connectivity index (χ3n) is 6.61. The Morgan fingerprint density at radius 2 is 1.74 bits per heavy atom. The molecule has 34 heavy (non-hydrogen) atoms. The summed E-state index contributed by atoms with van der Waals surface area (Å²) in [4.78, 5) is 41.3. The molecule has 0 aromatic heterocycles. The number of nitrogens with zero attached hydrogens (tertiary/aromatic N) is 2. The SMILES string of the molecule is O=C1CCC(N2Cc3c(cccc3S(=O)Cc3ccc(CN4CCOCC4)cc3)C2=O)C(=O)N1. The first-order chi connectivity index (χ1) is 16.5. The predicted molar refractivity (Wildman–Crippen MR) is 125 cm³/mol. The molecular formula is C25H27N3O5S. The minimum Gasteiger partial charge on any atom is -0.379 e. The van der Waals surface area contributed by atoms with Gasteiger partial charge in [0.15, 0.2) is 0 Å². The lowest BCUT2D eigenvalue weighted by Crippen LogP contribution is -2.52. The highest BCUT2D eigenvalue weighted by Crippen LogP contribution is 2.32. The number of rotatable bonds is 6. The van der Waals surface area contributed by atoms with Crippen LogP contribution in [0, 0.1) is 0 Å². The lowest BCUT2D eigenvalue weighted by molar-refractivity contribution is -0.136. The summed E-state index contributed by atoms with van der Waals surface area (Å²) in [5.41, 5.74) is 3.37. The van der Waals surface area contributed by atoms with Crippen LogP contribution in [0.25, 0.3) is 0 Å². The van der Waals surface area contributed by atoms with Gasteiger partial charge >= 0.3 is 0 Å². The predicted octanol–water partition coefficient (Wildman–Crippen LogP) is 1.59. The second kappa shape index (κ2) is 9.77. The molecule has 2 saturated heterocycles. The highest BCUT2D eigenvalue weighted by Gasteiger charge is 2.40. The van der Waals surface area contributed by atoms with E-state index in [9.17, 15) is 18.6 Å². The van der Waals surface area contributed by atoms with E-state index < -0.39 is 22.7 Å². The van der Waals surface area contributed by atoms with Crippen LogP contribution in [-0.2, 0) is 44.0 Å². The van der Waals surface area contributed by atoms with Crippen LogP contribution in [0.2, 0.25) is 0 Å². The van der Waals surface area contributed by atoms with Gasteiger partial charge in [0.25, 0.3) is 5.91 Å². The molecule has 3 aliphatic heterocycles. The summed E-state index contributed by atoms with van der Waals surface area (Å²) >= 11 is 0. The molecule has 2 aromatic rings. The first-order valence-electron chi connectivity index (χ1n) is 11.5. The molecule has 9 heteroatoms. The second-order valence-corrected chi connectivity index (χ2v) is 10.3. The summed E-state index contributed by atoms with van der Waals surface area (Å²) in [6.07, 6.45) is 0.510. The van der Waals surface area contributed by atoms with E-state index in [1.807, 2.05) is 12.1 Å². The summed E-state index contributed by atoms with van der Waals surface area (Å²) in [6, 6.07) is 12.7. The Labute approximate surface area is 200 Å². The van der Waals surface area contributed by atoms with Gasteiger partial charge in [0.2, 0.25) is 11.8 Å². The average molecular weight is 482 g/mol. The Kier molecular flexibility index (Phi) is 6.58. The molecule has 0 radical (unpaired) electrons. The zero-order valence-corrected chi connectivity index (χ0v) is 19.6. The van der Waals surface area contributed by atoms with E-state index in [2.05, 4.69) is 22.3 Å². The van der Waals surface area contributed by atoms with E-state index in [0.717, 1.165) is 38.4 Å². The van der Waals surface area contributed by atoms with Gasteiger partial charge in [-0.15, -0.1) is 0 Å². The largest absolute Gasteiger partial charge is 0.379 e. The number of hydrogen-bond acceptors (Lipinski definition) is 6. The lowest BCUT2D eigenvalue weighted by atomic mass is 10.0.